The van der Waals surface area contributed by atoms with Gasteiger partial charge in [0.25, 0.3) is 7.82 Å². The van der Waals surface area contributed by atoms with E-state index >= 15 is 0 Å². The highest BCUT2D eigenvalue weighted by Crippen LogP contribution is 2.38. The molecule has 3 unspecified atom stereocenters. The summed E-state index contributed by atoms with van der Waals surface area (Å²) in [6.45, 7) is 4.79. The number of allylic oxidation sites excluding steroid dienone is 2. The van der Waals surface area contributed by atoms with Gasteiger partial charge in [-0.2, -0.15) is 0 Å². The minimum absolute atomic E-state index is 0.0151. The van der Waals surface area contributed by atoms with Crippen molar-refractivity contribution < 1.29 is 32.9 Å². The molecule has 0 aliphatic carbocycles. The Morgan fingerprint density at radius 3 is 1.04 bits per heavy atom. The van der Waals surface area contributed by atoms with Gasteiger partial charge in [0.05, 0.1) is 39.9 Å². The van der Waals surface area contributed by atoms with E-state index < -0.39 is 20.0 Å². The molecule has 0 aromatic carbocycles. The number of aliphatic hydroxyl groups excluding tert-OH is 1. The predicted molar refractivity (Wildman–Crippen MR) is 326 cm³/mol. The van der Waals surface area contributed by atoms with E-state index in [9.17, 15) is 19.4 Å². The van der Waals surface area contributed by atoms with Gasteiger partial charge in [0.2, 0.25) is 5.91 Å². The lowest BCUT2D eigenvalue weighted by atomic mass is 10.0. The molecule has 0 aromatic rings. The maximum absolute atomic E-state index is 13.0. The van der Waals surface area contributed by atoms with Crippen LogP contribution in [0.4, 0.5) is 0 Å². The molecule has 9 heteroatoms. The van der Waals surface area contributed by atoms with Gasteiger partial charge in [0.15, 0.2) is 0 Å². The zero-order valence-corrected chi connectivity index (χ0v) is 52.2. The van der Waals surface area contributed by atoms with E-state index in [1.807, 2.05) is 21.1 Å². The van der Waals surface area contributed by atoms with Crippen LogP contribution in [0.2, 0.25) is 0 Å². The van der Waals surface area contributed by atoms with Crippen LogP contribution in [0.15, 0.2) is 12.2 Å². The Morgan fingerprint density at radius 1 is 0.453 bits per heavy atom. The fraction of sp³-hybridized carbons (Fsp3) is 0.955. The third kappa shape index (κ3) is 60.7. The van der Waals surface area contributed by atoms with Crippen LogP contribution < -0.4 is 10.2 Å². The fourth-order valence-corrected chi connectivity index (χ4v) is 11.2. The van der Waals surface area contributed by atoms with E-state index in [-0.39, 0.29) is 19.1 Å². The molecule has 0 aliphatic rings. The number of hydrogen-bond acceptors (Lipinski definition) is 6. The molecule has 0 bridgehead atoms. The molecule has 0 aliphatic heterocycles. The van der Waals surface area contributed by atoms with Crippen LogP contribution in [-0.4, -0.2) is 68.5 Å². The second kappa shape index (κ2) is 57.9. The molecule has 448 valence electrons. The summed E-state index contributed by atoms with van der Waals surface area (Å²) in [6.07, 6.45) is 72.7. The summed E-state index contributed by atoms with van der Waals surface area (Å²) in [7, 11) is 1.32. The summed E-state index contributed by atoms with van der Waals surface area (Å²) in [5.74, 6) is -0.157. The lowest BCUT2D eigenvalue weighted by molar-refractivity contribution is -0.870. The summed E-state index contributed by atoms with van der Waals surface area (Å²) in [4.78, 5) is 25.6. The number of carbonyl (C=O) groups excluding carboxylic acids is 1. The Balaban J connectivity index is 4.04. The molecule has 0 saturated carbocycles. The van der Waals surface area contributed by atoms with Crippen LogP contribution in [0.1, 0.15) is 354 Å². The number of nitrogens with zero attached hydrogens (tertiary/aromatic N) is 1. The summed E-state index contributed by atoms with van der Waals surface area (Å²) < 4.78 is 23.5. The maximum atomic E-state index is 13.0. The van der Waals surface area contributed by atoms with E-state index in [1.165, 1.54) is 289 Å². The van der Waals surface area contributed by atoms with Crippen molar-refractivity contribution >= 4 is 13.7 Å². The Labute approximate surface area is 469 Å². The van der Waals surface area contributed by atoms with Crippen LogP contribution in [0, 0.1) is 0 Å². The van der Waals surface area contributed by atoms with Crippen LogP contribution in [0.5, 0.6) is 0 Å². The number of likely N-dealkylation sites (N-methyl/N-ethyl adjacent to an activating group) is 1. The van der Waals surface area contributed by atoms with Crippen LogP contribution in [-0.2, 0) is 18.4 Å². The van der Waals surface area contributed by atoms with Crippen LogP contribution >= 0.6 is 7.82 Å². The Hall–Kier alpha value is -0.760. The first-order chi connectivity index (χ1) is 36.5. The van der Waals surface area contributed by atoms with Crippen molar-refractivity contribution in [1.29, 1.82) is 0 Å². The third-order valence-corrected chi connectivity index (χ3v) is 16.7. The molecule has 0 fully saturated rings. The summed E-state index contributed by atoms with van der Waals surface area (Å²) >= 11 is 0. The lowest BCUT2D eigenvalue weighted by Crippen LogP contribution is -2.46. The zero-order chi connectivity index (χ0) is 54.9. The number of phosphoric acid groups is 1. The van der Waals surface area contributed by atoms with E-state index in [4.69, 9.17) is 9.05 Å². The molecule has 2 N–H and O–H groups in total. The van der Waals surface area contributed by atoms with Crippen molar-refractivity contribution in [3.63, 3.8) is 0 Å². The first-order valence-corrected chi connectivity index (χ1v) is 35.0. The molecule has 0 heterocycles. The Morgan fingerprint density at radius 2 is 0.733 bits per heavy atom. The third-order valence-electron chi connectivity index (χ3n) is 15.8. The number of carbonyl (C=O) groups is 1. The van der Waals surface area contributed by atoms with Gasteiger partial charge in [-0.05, 0) is 38.5 Å². The molecule has 1 amide bonds. The number of amides is 1. The zero-order valence-electron chi connectivity index (χ0n) is 51.3. The van der Waals surface area contributed by atoms with Crippen LogP contribution in [0.25, 0.3) is 0 Å². The average molecular weight is 1080 g/mol. The molecular formula is C66H133N2O6P. The Bertz CT molecular complexity index is 1230. The topological polar surface area (TPSA) is 108 Å². The number of quaternary nitrogens is 1. The van der Waals surface area contributed by atoms with Gasteiger partial charge >= 0.3 is 0 Å². The monoisotopic (exact) mass is 1080 g/mol. The molecule has 3 atom stereocenters. The molecule has 75 heavy (non-hydrogen) atoms. The van der Waals surface area contributed by atoms with Crippen molar-refractivity contribution in [3.8, 4) is 0 Å². The molecule has 0 radical (unpaired) electrons. The highest BCUT2D eigenvalue weighted by Gasteiger charge is 2.24. The van der Waals surface area contributed by atoms with Crippen molar-refractivity contribution in [1.82, 2.24) is 5.32 Å². The van der Waals surface area contributed by atoms with Crippen molar-refractivity contribution in [2.24, 2.45) is 0 Å². The van der Waals surface area contributed by atoms with E-state index in [0.29, 0.717) is 23.9 Å². The number of rotatable bonds is 63. The average Bonchev–Trinajstić information content (AvgIpc) is 3.37. The molecule has 8 nitrogen and oxygen atoms in total. The van der Waals surface area contributed by atoms with Gasteiger partial charge in [0.1, 0.15) is 13.2 Å². The lowest BCUT2D eigenvalue weighted by Gasteiger charge is -2.30. The van der Waals surface area contributed by atoms with Gasteiger partial charge in [0, 0.05) is 6.42 Å². The maximum Gasteiger partial charge on any atom is 0.268 e. The Kier molecular flexibility index (Phi) is 57.3. The quantitative estimate of drug-likeness (QED) is 0.0272. The number of aliphatic hydroxyl groups is 1. The predicted octanol–water partition coefficient (Wildman–Crippen LogP) is 20.3. The fourth-order valence-electron chi connectivity index (χ4n) is 10.5. The number of phosphoric ester groups is 1. The van der Waals surface area contributed by atoms with Crippen LogP contribution in [0.3, 0.4) is 0 Å². The van der Waals surface area contributed by atoms with E-state index in [2.05, 4.69) is 31.3 Å². The highest BCUT2D eigenvalue weighted by atomic mass is 31.2. The summed E-state index contributed by atoms with van der Waals surface area (Å²) in [5.41, 5.74) is 0. The number of nitrogens with one attached hydrogen (secondary N) is 1. The van der Waals surface area contributed by atoms with Gasteiger partial charge in [-0.1, -0.05) is 321 Å². The first-order valence-electron chi connectivity index (χ1n) is 33.5. The van der Waals surface area contributed by atoms with E-state index in [0.717, 1.165) is 38.5 Å². The minimum Gasteiger partial charge on any atom is -0.756 e. The van der Waals surface area contributed by atoms with Gasteiger partial charge < -0.3 is 28.8 Å². The van der Waals surface area contributed by atoms with E-state index in [1.54, 1.807) is 0 Å². The largest absolute Gasteiger partial charge is 0.756 e. The summed E-state index contributed by atoms with van der Waals surface area (Å²) in [5, 5.41) is 14.1. The molecular weight excluding hydrogens is 948 g/mol. The standard InChI is InChI=1S/C66H133N2O6P/c1-6-8-10-12-14-16-18-20-22-24-26-28-30-32-33-34-36-38-40-42-44-46-48-50-52-54-56-58-60-66(70)67-64(63-74-75(71,72)73-62-61-68(3,4)5)65(69)59-57-55-53-51-49-47-45-43-41-39-37-35-31-29-27-25-23-21-19-17-15-13-11-9-7-2/h32-33,64-65,69H,6-31,34-63H2,1-5H3,(H-,67,70,71,72)/b33-32-. The second-order valence-electron chi connectivity index (χ2n) is 24.5. The minimum atomic E-state index is -4.58. The number of hydrogen-bond donors (Lipinski definition) is 2. The van der Waals surface area contributed by atoms with Gasteiger partial charge in [-0.15, -0.1) is 0 Å². The smallest absolute Gasteiger partial charge is 0.268 e. The number of unbranched alkanes of at least 4 members (excludes halogenated alkanes) is 48. The molecule has 0 saturated heterocycles. The van der Waals surface area contributed by atoms with Gasteiger partial charge in [-0.25, -0.2) is 0 Å². The molecule has 0 spiro atoms. The van der Waals surface area contributed by atoms with Gasteiger partial charge in [-0.3, -0.25) is 9.36 Å². The SMILES string of the molecule is CCCCCCCCCCCCCC/C=C\CCCCCCCCCCCCCCC(=O)NC(COP(=O)([O-])OCC[N+](C)(C)C)C(O)CCCCCCCCCCCCCCCCCCCCCCCCCCC. The highest BCUT2D eigenvalue weighted by molar-refractivity contribution is 7.45. The first kappa shape index (κ1) is 74.2. The normalized spacial score (nSPS) is 13.7. The van der Waals surface area contributed by atoms with Crippen molar-refractivity contribution in [2.45, 2.75) is 366 Å². The van der Waals surface area contributed by atoms with Crippen molar-refractivity contribution in [2.75, 3.05) is 40.9 Å². The molecule has 0 aromatic heterocycles. The van der Waals surface area contributed by atoms with Crippen molar-refractivity contribution in [3.05, 3.63) is 12.2 Å². The molecule has 0 rings (SSSR count). The summed E-state index contributed by atoms with van der Waals surface area (Å²) in [6, 6.07) is -0.799. The second-order valence-corrected chi connectivity index (χ2v) is 25.9.